The molecule has 1 aromatic heterocycles. The predicted molar refractivity (Wildman–Crippen MR) is 105 cm³/mol. The average molecular weight is 374 g/mol. The van der Waals surface area contributed by atoms with Crippen molar-refractivity contribution in [1.29, 1.82) is 0 Å². The van der Waals surface area contributed by atoms with E-state index in [1.165, 1.54) is 6.07 Å². The van der Waals surface area contributed by atoms with Crippen LogP contribution >= 0.6 is 0 Å². The Balaban J connectivity index is 1.78. The number of benzene rings is 1. The first-order valence-electron chi connectivity index (χ1n) is 8.68. The maximum absolute atomic E-state index is 11.0. The van der Waals surface area contributed by atoms with Gasteiger partial charge in [-0.05, 0) is 6.07 Å². The summed E-state index contributed by atoms with van der Waals surface area (Å²) < 4.78 is 5.73. The highest BCUT2D eigenvalue weighted by Crippen LogP contribution is 2.23. The molecule has 0 radical (unpaired) electrons. The van der Waals surface area contributed by atoms with Gasteiger partial charge in [-0.2, -0.15) is 0 Å². The Morgan fingerprint density at radius 3 is 2.63 bits per heavy atom. The number of hydrogen-bond donors (Lipinski definition) is 3. The Bertz CT molecular complexity index is 794. The van der Waals surface area contributed by atoms with E-state index >= 15 is 0 Å². The summed E-state index contributed by atoms with van der Waals surface area (Å²) in [6.07, 6.45) is 1.74. The molecule has 1 heterocycles. The van der Waals surface area contributed by atoms with Crippen molar-refractivity contribution in [2.75, 3.05) is 25.5 Å². The summed E-state index contributed by atoms with van der Waals surface area (Å²) in [5.74, 6) is 2.01. The van der Waals surface area contributed by atoms with Crippen molar-refractivity contribution in [3.05, 3.63) is 52.2 Å². The minimum atomic E-state index is -0.404. The number of nitro groups is 1. The monoisotopic (exact) mass is 374 g/mol. The van der Waals surface area contributed by atoms with E-state index in [1.54, 1.807) is 31.4 Å². The second-order valence-corrected chi connectivity index (χ2v) is 6.92. The van der Waals surface area contributed by atoms with Gasteiger partial charge in [0.25, 0.3) is 5.69 Å². The van der Waals surface area contributed by atoms with Crippen LogP contribution < -0.4 is 16.0 Å². The van der Waals surface area contributed by atoms with E-state index in [4.69, 9.17) is 4.42 Å². The largest absolute Gasteiger partial charge is 0.443 e. The van der Waals surface area contributed by atoms with E-state index in [1.807, 2.05) is 0 Å². The lowest BCUT2D eigenvalue weighted by molar-refractivity contribution is -0.384. The van der Waals surface area contributed by atoms with Crippen LogP contribution in [-0.2, 0) is 12.0 Å². The highest BCUT2D eigenvalue weighted by atomic mass is 16.6. The fourth-order valence-corrected chi connectivity index (χ4v) is 2.28. The van der Waals surface area contributed by atoms with Crippen LogP contribution in [0, 0.1) is 10.1 Å². The fourth-order valence-electron chi connectivity index (χ4n) is 2.28. The van der Waals surface area contributed by atoms with Crippen molar-refractivity contribution in [2.45, 2.75) is 32.7 Å². The van der Waals surface area contributed by atoms with Gasteiger partial charge in [-0.3, -0.25) is 15.1 Å². The first-order chi connectivity index (χ1) is 12.8. The normalized spacial score (nSPS) is 11.9. The molecule has 0 aliphatic carbocycles. The van der Waals surface area contributed by atoms with E-state index in [9.17, 15) is 10.1 Å². The highest BCUT2D eigenvalue weighted by molar-refractivity contribution is 5.79. The van der Waals surface area contributed by atoms with E-state index in [0.717, 1.165) is 5.76 Å². The highest BCUT2D eigenvalue weighted by Gasteiger charge is 2.19. The van der Waals surface area contributed by atoms with Gasteiger partial charge >= 0.3 is 0 Å². The molecule has 27 heavy (non-hydrogen) atoms. The maximum Gasteiger partial charge on any atom is 0.292 e. The van der Waals surface area contributed by atoms with E-state index in [0.29, 0.717) is 37.2 Å². The second-order valence-electron chi connectivity index (χ2n) is 6.92. The number of guanidine groups is 1. The second kappa shape index (κ2) is 9.02. The van der Waals surface area contributed by atoms with Crippen LogP contribution in [0.25, 0.3) is 0 Å². The summed E-state index contributed by atoms with van der Waals surface area (Å²) in [7, 11) is 1.67. The Morgan fingerprint density at radius 2 is 2.00 bits per heavy atom. The van der Waals surface area contributed by atoms with Gasteiger partial charge in [-0.25, -0.2) is 4.98 Å². The van der Waals surface area contributed by atoms with Crippen molar-refractivity contribution in [3.63, 3.8) is 0 Å². The van der Waals surface area contributed by atoms with Crippen molar-refractivity contribution in [3.8, 4) is 0 Å². The maximum atomic E-state index is 11.0. The van der Waals surface area contributed by atoms with E-state index < -0.39 is 4.92 Å². The van der Waals surface area contributed by atoms with Crippen LogP contribution in [0.15, 0.2) is 39.9 Å². The van der Waals surface area contributed by atoms with Crippen LogP contribution in [-0.4, -0.2) is 36.0 Å². The van der Waals surface area contributed by atoms with Gasteiger partial charge in [0, 0.05) is 31.6 Å². The third-order valence-corrected chi connectivity index (χ3v) is 3.76. The molecule has 0 atom stereocenters. The van der Waals surface area contributed by atoms with Gasteiger partial charge in [0.05, 0.1) is 17.7 Å². The summed E-state index contributed by atoms with van der Waals surface area (Å²) in [5, 5.41) is 20.3. The molecule has 3 N–H and O–H groups in total. The number of aliphatic imine (C=N–C) groups is 1. The average Bonchev–Trinajstić information content (AvgIpc) is 3.11. The van der Waals surface area contributed by atoms with Crippen molar-refractivity contribution in [1.82, 2.24) is 15.6 Å². The molecule has 0 aliphatic rings. The third kappa shape index (κ3) is 5.98. The number of para-hydroxylation sites is 2. The molecule has 9 heteroatoms. The van der Waals surface area contributed by atoms with E-state index in [2.05, 4.69) is 46.7 Å². The molecule has 1 aromatic carbocycles. The molecule has 146 valence electrons. The van der Waals surface area contributed by atoms with Gasteiger partial charge in [-0.15, -0.1) is 0 Å². The van der Waals surface area contributed by atoms with Crippen LogP contribution in [0.5, 0.6) is 0 Å². The SMILES string of the molecule is CN=C(NCCNc1ccccc1[N+](=O)[O-])NCc1ncc(C(C)(C)C)o1. The Hall–Kier alpha value is -3.10. The van der Waals surface area contributed by atoms with Gasteiger partial charge in [-0.1, -0.05) is 32.9 Å². The topological polar surface area (TPSA) is 118 Å². The number of nitrogens with zero attached hydrogens (tertiary/aromatic N) is 3. The first kappa shape index (κ1) is 20.2. The minimum Gasteiger partial charge on any atom is -0.443 e. The number of aromatic nitrogens is 1. The quantitative estimate of drug-likeness (QED) is 0.224. The van der Waals surface area contributed by atoms with Gasteiger partial charge in [0.1, 0.15) is 11.4 Å². The zero-order valence-electron chi connectivity index (χ0n) is 16.1. The number of hydrogen-bond acceptors (Lipinski definition) is 6. The van der Waals surface area contributed by atoms with Crippen molar-refractivity contribution in [2.24, 2.45) is 4.99 Å². The Labute approximate surface area is 158 Å². The van der Waals surface area contributed by atoms with Gasteiger partial charge in [0.15, 0.2) is 5.96 Å². The molecule has 0 unspecified atom stereocenters. The van der Waals surface area contributed by atoms with Crippen molar-refractivity contribution >= 4 is 17.3 Å². The molecule has 0 amide bonds. The van der Waals surface area contributed by atoms with Crippen LogP contribution in [0.3, 0.4) is 0 Å². The summed E-state index contributed by atoms with van der Waals surface area (Å²) in [6.45, 7) is 7.64. The molecule has 0 spiro atoms. The third-order valence-electron chi connectivity index (χ3n) is 3.76. The standard InChI is InChI=1S/C18H26N6O3/c1-18(2,3)15-11-22-16(27-15)12-23-17(19-4)21-10-9-20-13-7-5-6-8-14(13)24(25)26/h5-8,11,20H,9-10,12H2,1-4H3,(H2,19,21,23). The molecule has 2 aromatic rings. The zero-order valence-corrected chi connectivity index (χ0v) is 16.1. The summed E-state index contributed by atoms with van der Waals surface area (Å²) in [6, 6.07) is 6.55. The van der Waals surface area contributed by atoms with E-state index in [-0.39, 0.29) is 11.1 Å². The predicted octanol–water partition coefficient (Wildman–Crippen LogP) is 2.66. The molecular formula is C18H26N6O3. The van der Waals surface area contributed by atoms with Crippen molar-refractivity contribution < 1.29 is 9.34 Å². The lowest BCUT2D eigenvalue weighted by Crippen LogP contribution is -2.39. The zero-order chi connectivity index (χ0) is 19.9. The number of anilines is 1. The fraction of sp³-hybridized carbons (Fsp3) is 0.444. The smallest absolute Gasteiger partial charge is 0.292 e. The summed E-state index contributed by atoms with van der Waals surface area (Å²) >= 11 is 0. The number of rotatable bonds is 7. The molecule has 2 rings (SSSR count). The number of nitro benzene ring substituents is 1. The minimum absolute atomic E-state index is 0.0542. The van der Waals surface area contributed by atoms with Gasteiger partial charge < -0.3 is 20.4 Å². The van der Waals surface area contributed by atoms with Crippen LogP contribution in [0.1, 0.15) is 32.4 Å². The van der Waals surface area contributed by atoms with Crippen LogP contribution in [0.2, 0.25) is 0 Å². The lowest BCUT2D eigenvalue weighted by Gasteiger charge is -2.13. The molecular weight excluding hydrogens is 348 g/mol. The molecule has 0 bridgehead atoms. The Morgan fingerprint density at radius 1 is 1.26 bits per heavy atom. The molecule has 0 saturated heterocycles. The van der Waals surface area contributed by atoms with Crippen LogP contribution in [0.4, 0.5) is 11.4 Å². The lowest BCUT2D eigenvalue weighted by atomic mass is 9.94. The summed E-state index contributed by atoms with van der Waals surface area (Å²) in [5.41, 5.74) is 0.456. The molecule has 0 aliphatic heterocycles. The first-order valence-corrected chi connectivity index (χ1v) is 8.68. The number of nitrogens with one attached hydrogen (secondary N) is 3. The molecule has 9 nitrogen and oxygen atoms in total. The number of oxazole rings is 1. The van der Waals surface area contributed by atoms with Gasteiger partial charge in [0.2, 0.25) is 5.89 Å². The Kier molecular flexibility index (Phi) is 6.75. The molecule has 0 saturated carbocycles. The summed E-state index contributed by atoms with van der Waals surface area (Å²) in [4.78, 5) is 19.0. The molecule has 0 fully saturated rings.